The number of carbonyl (C=O) groups excluding carboxylic acids is 1. The van der Waals surface area contributed by atoms with Gasteiger partial charge >= 0.3 is 12.1 Å². The Hall–Kier alpha value is -5.40. The fourth-order valence-electron chi connectivity index (χ4n) is 6.75. The molecule has 0 spiro atoms. The van der Waals surface area contributed by atoms with Gasteiger partial charge in [0, 0.05) is 18.2 Å². The number of carboxylic acid groups (broad SMARTS) is 1. The van der Waals surface area contributed by atoms with Crippen LogP contribution < -0.4 is 15.0 Å². The van der Waals surface area contributed by atoms with Crippen molar-refractivity contribution < 1.29 is 24.2 Å². The normalized spacial score (nSPS) is 13.2. The molecular weight excluding hydrogens is 600 g/mol. The summed E-state index contributed by atoms with van der Waals surface area (Å²) in [5, 5.41) is 14.6. The number of benzene rings is 5. The Morgan fingerprint density at radius 1 is 0.750 bits per heavy atom. The minimum absolute atomic E-state index is 0.0793. The van der Waals surface area contributed by atoms with Gasteiger partial charge in [-0.2, -0.15) is 0 Å². The number of nitrogens with one attached hydrogen (secondary N) is 1. The topological polar surface area (TPSA) is 88.1 Å². The van der Waals surface area contributed by atoms with Crippen LogP contribution in [0.5, 0.6) is 5.75 Å². The number of anilines is 1. The van der Waals surface area contributed by atoms with Crippen LogP contribution in [0.4, 0.5) is 10.5 Å². The highest BCUT2D eigenvalue weighted by atomic mass is 16.6. The van der Waals surface area contributed by atoms with Gasteiger partial charge in [0.05, 0.1) is 7.11 Å². The lowest BCUT2D eigenvalue weighted by molar-refractivity contribution is -0.144. The number of amides is 1. The minimum atomic E-state index is -1.71. The molecule has 0 fully saturated rings. The van der Waals surface area contributed by atoms with Gasteiger partial charge in [-0.3, -0.25) is 4.90 Å². The van der Waals surface area contributed by atoms with E-state index in [0.717, 1.165) is 33.6 Å². The van der Waals surface area contributed by atoms with Crippen molar-refractivity contribution in [2.75, 3.05) is 25.2 Å². The minimum Gasteiger partial charge on any atom is -0.497 e. The smallest absolute Gasteiger partial charge is 0.415 e. The van der Waals surface area contributed by atoms with Crippen LogP contribution in [0.1, 0.15) is 47.4 Å². The summed E-state index contributed by atoms with van der Waals surface area (Å²) >= 11 is 0. The summed E-state index contributed by atoms with van der Waals surface area (Å²) in [6.07, 6.45) is 0.754. The van der Waals surface area contributed by atoms with Crippen LogP contribution in [0.3, 0.4) is 0 Å². The van der Waals surface area contributed by atoms with E-state index in [4.69, 9.17) is 9.47 Å². The second-order valence-corrected chi connectivity index (χ2v) is 12.0. The number of carbonyl (C=O) groups is 2. The fraction of sp³-hybridized carbons (Fsp3) is 0.220. The highest BCUT2D eigenvalue weighted by Crippen LogP contribution is 2.45. The van der Waals surface area contributed by atoms with Crippen LogP contribution in [0.2, 0.25) is 0 Å². The highest BCUT2D eigenvalue weighted by molar-refractivity contribution is 5.99. The number of methoxy groups -OCH3 is 1. The predicted octanol–water partition coefficient (Wildman–Crippen LogP) is 8.39. The molecule has 5 aromatic carbocycles. The number of fused-ring (bicyclic) bond motifs is 3. The molecule has 1 aliphatic carbocycles. The molecule has 7 nitrogen and oxygen atoms in total. The summed E-state index contributed by atoms with van der Waals surface area (Å²) in [5.41, 5.74) is 4.82. The third kappa shape index (κ3) is 6.68. The van der Waals surface area contributed by atoms with Crippen molar-refractivity contribution in [2.45, 2.75) is 37.3 Å². The molecule has 5 aromatic rings. The third-order valence-corrected chi connectivity index (χ3v) is 9.15. The van der Waals surface area contributed by atoms with Crippen molar-refractivity contribution in [3.8, 4) is 16.9 Å². The molecule has 0 bridgehead atoms. The Balaban J connectivity index is 1.25. The first-order valence-electron chi connectivity index (χ1n) is 16.4. The Morgan fingerprint density at radius 3 is 1.94 bits per heavy atom. The standard InChI is InChI=1S/C41H40N2O5/c1-47-33-24-22-30(23-25-33)28-42-27-13-12-26-41(39(44)45,31-14-4-2-5-15-31)43(32-16-6-3-7-17-32)40(46)48-29-38-36-20-10-8-18-34(36)35-19-9-11-21-37(35)38/h2-11,14-25,38,42H,12-13,26-29H2,1H3,(H,44,45)/t41-/m1/s1. The molecule has 6 rings (SSSR count). The molecule has 1 atom stereocenters. The first-order chi connectivity index (χ1) is 23.5. The number of nitrogens with zero attached hydrogens (tertiary/aromatic N) is 1. The van der Waals surface area contributed by atoms with E-state index in [9.17, 15) is 14.7 Å². The van der Waals surface area contributed by atoms with E-state index in [-0.39, 0.29) is 18.9 Å². The van der Waals surface area contributed by atoms with E-state index in [1.807, 2.05) is 72.8 Å². The van der Waals surface area contributed by atoms with E-state index in [1.165, 1.54) is 4.90 Å². The highest BCUT2D eigenvalue weighted by Gasteiger charge is 2.50. The lowest BCUT2D eigenvalue weighted by Gasteiger charge is -2.40. The van der Waals surface area contributed by atoms with Gasteiger partial charge in [0.2, 0.25) is 0 Å². The molecule has 0 unspecified atom stereocenters. The number of hydrogen-bond donors (Lipinski definition) is 2. The van der Waals surface area contributed by atoms with Crippen molar-refractivity contribution in [2.24, 2.45) is 0 Å². The summed E-state index contributed by atoms with van der Waals surface area (Å²) in [6, 6.07) is 42.2. The molecule has 0 aliphatic heterocycles. The number of hydrogen-bond acceptors (Lipinski definition) is 5. The van der Waals surface area contributed by atoms with Crippen molar-refractivity contribution in [3.05, 3.63) is 156 Å². The zero-order valence-corrected chi connectivity index (χ0v) is 27.0. The van der Waals surface area contributed by atoms with Crippen LogP contribution in [0.15, 0.2) is 133 Å². The number of carboxylic acids is 1. The predicted molar refractivity (Wildman–Crippen MR) is 188 cm³/mol. The van der Waals surface area contributed by atoms with Crippen molar-refractivity contribution in [1.82, 2.24) is 5.32 Å². The molecule has 0 radical (unpaired) electrons. The molecule has 7 heteroatoms. The largest absolute Gasteiger partial charge is 0.497 e. The van der Waals surface area contributed by atoms with Crippen LogP contribution in [0.25, 0.3) is 11.1 Å². The van der Waals surface area contributed by atoms with Crippen LogP contribution in [0, 0.1) is 0 Å². The molecule has 1 aliphatic rings. The average molecular weight is 641 g/mol. The number of aliphatic carboxylic acids is 1. The van der Waals surface area contributed by atoms with Gasteiger partial charge in [0.25, 0.3) is 0 Å². The zero-order chi connectivity index (χ0) is 33.3. The lowest BCUT2D eigenvalue weighted by Crippen LogP contribution is -2.55. The summed E-state index contributed by atoms with van der Waals surface area (Å²) in [5.74, 6) is -0.465. The molecular formula is C41H40N2O5. The van der Waals surface area contributed by atoms with Crippen molar-refractivity contribution in [1.29, 1.82) is 0 Å². The summed E-state index contributed by atoms with van der Waals surface area (Å²) in [4.78, 5) is 29.4. The molecule has 0 saturated carbocycles. The van der Waals surface area contributed by atoms with E-state index in [1.54, 1.807) is 43.5 Å². The van der Waals surface area contributed by atoms with E-state index < -0.39 is 17.6 Å². The van der Waals surface area contributed by atoms with Gasteiger partial charge in [0.1, 0.15) is 12.4 Å². The van der Waals surface area contributed by atoms with Crippen LogP contribution in [-0.2, 0) is 21.6 Å². The zero-order valence-electron chi connectivity index (χ0n) is 27.0. The van der Waals surface area contributed by atoms with Gasteiger partial charge in [0.15, 0.2) is 5.54 Å². The number of unbranched alkanes of at least 4 members (excludes halogenated alkanes) is 1. The molecule has 0 heterocycles. The Labute approximate surface area is 281 Å². The SMILES string of the molecule is COc1ccc(CNCCCC[C@](C(=O)O)(c2ccccc2)N(C(=O)OCC2c3ccccc3-c3ccccc32)c2ccccc2)cc1. The van der Waals surface area contributed by atoms with Crippen molar-refractivity contribution in [3.63, 3.8) is 0 Å². The molecule has 0 aromatic heterocycles. The first kappa shape index (κ1) is 32.5. The van der Waals surface area contributed by atoms with Gasteiger partial charge in [-0.05, 0) is 83.5 Å². The van der Waals surface area contributed by atoms with Crippen LogP contribution >= 0.6 is 0 Å². The second-order valence-electron chi connectivity index (χ2n) is 12.0. The quantitative estimate of drug-likeness (QED) is 0.119. The lowest BCUT2D eigenvalue weighted by atomic mass is 9.82. The molecule has 1 amide bonds. The maximum Gasteiger partial charge on any atom is 0.415 e. The van der Waals surface area contributed by atoms with Gasteiger partial charge < -0.3 is 19.9 Å². The van der Waals surface area contributed by atoms with Gasteiger partial charge in [-0.15, -0.1) is 0 Å². The fourth-order valence-corrected chi connectivity index (χ4v) is 6.75. The Kier molecular flexibility index (Phi) is 10.2. The van der Waals surface area contributed by atoms with E-state index in [0.29, 0.717) is 37.2 Å². The molecule has 0 saturated heterocycles. The van der Waals surface area contributed by atoms with E-state index >= 15 is 0 Å². The maximum atomic E-state index is 14.4. The Bertz CT molecular complexity index is 1780. The average Bonchev–Trinajstić information content (AvgIpc) is 3.46. The summed E-state index contributed by atoms with van der Waals surface area (Å²) in [7, 11) is 1.65. The third-order valence-electron chi connectivity index (χ3n) is 9.15. The number of para-hydroxylation sites is 1. The van der Waals surface area contributed by atoms with E-state index in [2.05, 4.69) is 29.6 Å². The molecule has 2 N–H and O–H groups in total. The number of rotatable bonds is 14. The summed E-state index contributed by atoms with van der Waals surface area (Å²) < 4.78 is 11.4. The summed E-state index contributed by atoms with van der Waals surface area (Å²) in [6.45, 7) is 1.45. The van der Waals surface area contributed by atoms with Crippen molar-refractivity contribution >= 4 is 17.7 Å². The van der Waals surface area contributed by atoms with Gasteiger partial charge in [-0.25, -0.2) is 9.59 Å². The monoisotopic (exact) mass is 640 g/mol. The first-order valence-corrected chi connectivity index (χ1v) is 16.4. The van der Waals surface area contributed by atoms with Gasteiger partial charge in [-0.1, -0.05) is 109 Å². The Morgan fingerprint density at radius 2 is 1.33 bits per heavy atom. The maximum absolute atomic E-state index is 14.4. The molecule has 48 heavy (non-hydrogen) atoms. The number of ether oxygens (including phenoxy) is 2. The second kappa shape index (κ2) is 15.0. The molecule has 244 valence electrons. The van der Waals surface area contributed by atoms with Crippen LogP contribution in [-0.4, -0.2) is 37.4 Å².